The van der Waals surface area contributed by atoms with Gasteiger partial charge in [-0.1, -0.05) is 12.1 Å². The lowest BCUT2D eigenvalue weighted by molar-refractivity contribution is -0.133. The van der Waals surface area contributed by atoms with Crippen LogP contribution in [0.25, 0.3) is 21.2 Å². The summed E-state index contributed by atoms with van der Waals surface area (Å²) in [6, 6.07) is 7.89. The van der Waals surface area contributed by atoms with Crippen LogP contribution in [0.2, 0.25) is 0 Å². The molecule has 2 heterocycles. The van der Waals surface area contributed by atoms with Crippen LogP contribution in [-0.2, 0) is 11.8 Å². The summed E-state index contributed by atoms with van der Waals surface area (Å²) < 4.78 is 2.80. The van der Waals surface area contributed by atoms with E-state index in [1.165, 1.54) is 11.8 Å². The summed E-state index contributed by atoms with van der Waals surface area (Å²) in [5.74, 6) is -0.842. The van der Waals surface area contributed by atoms with Crippen molar-refractivity contribution >= 4 is 50.3 Å². The monoisotopic (exact) mass is 331 g/mol. The van der Waals surface area contributed by atoms with Crippen molar-refractivity contribution in [1.82, 2.24) is 14.8 Å². The van der Waals surface area contributed by atoms with Gasteiger partial charge in [-0.2, -0.15) is 5.10 Å². The molecule has 1 aromatic carbocycles. The SMILES string of the molecule is Cn1cc(/C=C(\SCC(=O)O)c2nc3ccccc3s2)cn1. The molecular formula is C15H13N3O2S2. The zero-order chi connectivity index (χ0) is 15.5. The van der Waals surface area contributed by atoms with E-state index in [1.807, 2.05) is 43.6 Å². The second-order valence-corrected chi connectivity index (χ2v) is 6.67. The minimum Gasteiger partial charge on any atom is -0.481 e. The number of benzene rings is 1. The van der Waals surface area contributed by atoms with Gasteiger partial charge in [-0.05, 0) is 18.2 Å². The lowest BCUT2D eigenvalue weighted by Crippen LogP contribution is -1.97. The summed E-state index contributed by atoms with van der Waals surface area (Å²) in [6.45, 7) is 0. The van der Waals surface area contributed by atoms with Crippen LogP contribution in [0.3, 0.4) is 0 Å². The second-order valence-electron chi connectivity index (χ2n) is 4.63. The lowest BCUT2D eigenvalue weighted by atomic mass is 10.3. The molecule has 2 aromatic heterocycles. The predicted molar refractivity (Wildman–Crippen MR) is 90.8 cm³/mol. The lowest BCUT2D eigenvalue weighted by Gasteiger charge is -2.01. The van der Waals surface area contributed by atoms with Gasteiger partial charge in [-0.3, -0.25) is 9.48 Å². The van der Waals surface area contributed by atoms with Crippen LogP contribution in [0.5, 0.6) is 0 Å². The highest BCUT2D eigenvalue weighted by Crippen LogP contribution is 2.35. The van der Waals surface area contributed by atoms with E-state index in [0.717, 1.165) is 25.7 Å². The van der Waals surface area contributed by atoms with Crippen molar-refractivity contribution in [1.29, 1.82) is 0 Å². The molecule has 0 aliphatic heterocycles. The average Bonchev–Trinajstić information content (AvgIpc) is 3.09. The topological polar surface area (TPSA) is 68.0 Å². The Morgan fingerprint density at radius 3 is 2.95 bits per heavy atom. The zero-order valence-corrected chi connectivity index (χ0v) is 13.4. The highest BCUT2D eigenvalue weighted by atomic mass is 32.2. The normalized spacial score (nSPS) is 12.0. The summed E-state index contributed by atoms with van der Waals surface area (Å²) in [6.07, 6.45) is 5.56. The summed E-state index contributed by atoms with van der Waals surface area (Å²) in [7, 11) is 1.85. The van der Waals surface area contributed by atoms with Gasteiger partial charge in [-0.25, -0.2) is 4.98 Å². The van der Waals surface area contributed by atoms with Crippen LogP contribution in [0.4, 0.5) is 0 Å². The molecule has 3 aromatic rings. The van der Waals surface area contributed by atoms with Crippen molar-refractivity contribution in [2.24, 2.45) is 7.05 Å². The first-order chi connectivity index (χ1) is 10.6. The average molecular weight is 331 g/mol. The molecule has 0 radical (unpaired) electrons. The molecule has 0 aliphatic carbocycles. The number of para-hydroxylation sites is 1. The van der Waals surface area contributed by atoms with Crippen molar-refractivity contribution in [2.75, 3.05) is 5.75 Å². The Morgan fingerprint density at radius 2 is 2.27 bits per heavy atom. The van der Waals surface area contributed by atoms with Crippen molar-refractivity contribution in [3.05, 3.63) is 47.2 Å². The zero-order valence-electron chi connectivity index (χ0n) is 11.8. The van der Waals surface area contributed by atoms with Gasteiger partial charge in [-0.15, -0.1) is 23.1 Å². The third-order valence-electron chi connectivity index (χ3n) is 2.88. The number of aliphatic carboxylic acids is 1. The Hall–Kier alpha value is -2.12. The van der Waals surface area contributed by atoms with Gasteiger partial charge in [0.25, 0.3) is 0 Å². The molecule has 3 rings (SSSR count). The summed E-state index contributed by atoms with van der Waals surface area (Å²) in [5.41, 5.74) is 1.85. The molecule has 0 unspecified atom stereocenters. The fourth-order valence-corrected chi connectivity index (χ4v) is 3.79. The van der Waals surface area contributed by atoms with Crippen LogP contribution in [0, 0.1) is 0 Å². The second kappa shape index (κ2) is 6.33. The van der Waals surface area contributed by atoms with E-state index in [0.29, 0.717) is 0 Å². The number of thiazole rings is 1. The molecule has 0 atom stereocenters. The molecule has 1 N–H and O–H groups in total. The van der Waals surface area contributed by atoms with Crippen molar-refractivity contribution < 1.29 is 9.90 Å². The van der Waals surface area contributed by atoms with Crippen LogP contribution < -0.4 is 0 Å². The van der Waals surface area contributed by atoms with Gasteiger partial charge in [0.1, 0.15) is 5.01 Å². The number of hydrogen-bond donors (Lipinski definition) is 1. The molecule has 0 fully saturated rings. The van der Waals surface area contributed by atoms with Gasteiger partial charge >= 0.3 is 5.97 Å². The van der Waals surface area contributed by atoms with Crippen LogP contribution in [-0.4, -0.2) is 31.6 Å². The molecular weight excluding hydrogens is 318 g/mol. The minimum absolute atomic E-state index is 0.00200. The van der Waals surface area contributed by atoms with Crippen LogP contribution >= 0.6 is 23.1 Å². The Balaban J connectivity index is 1.99. The first kappa shape index (κ1) is 14.8. The standard InChI is InChI=1S/C15H13N3O2S2/c1-18-8-10(7-16-18)6-13(21-9-14(19)20)15-17-11-4-2-3-5-12(11)22-15/h2-8H,9H2,1H3,(H,19,20)/b13-6-. The third-order valence-corrected chi connectivity index (χ3v) is 5.09. The number of carbonyl (C=O) groups is 1. The molecule has 7 heteroatoms. The van der Waals surface area contributed by atoms with E-state index in [-0.39, 0.29) is 5.75 Å². The van der Waals surface area contributed by atoms with E-state index in [2.05, 4.69) is 10.1 Å². The van der Waals surface area contributed by atoms with E-state index >= 15 is 0 Å². The fourth-order valence-electron chi connectivity index (χ4n) is 1.95. The van der Waals surface area contributed by atoms with E-state index in [4.69, 9.17) is 5.11 Å². The number of thioether (sulfide) groups is 1. The molecule has 0 bridgehead atoms. The quantitative estimate of drug-likeness (QED) is 0.776. The summed E-state index contributed by atoms with van der Waals surface area (Å²) >= 11 is 2.84. The number of carboxylic acid groups (broad SMARTS) is 1. The van der Waals surface area contributed by atoms with Gasteiger partial charge < -0.3 is 5.11 Å². The van der Waals surface area contributed by atoms with E-state index in [9.17, 15) is 4.79 Å². The molecule has 22 heavy (non-hydrogen) atoms. The number of carboxylic acids is 1. The smallest absolute Gasteiger partial charge is 0.313 e. The van der Waals surface area contributed by atoms with E-state index in [1.54, 1.807) is 22.2 Å². The molecule has 0 amide bonds. The van der Waals surface area contributed by atoms with Crippen LogP contribution in [0.15, 0.2) is 36.7 Å². The number of rotatable bonds is 5. The first-order valence-corrected chi connectivity index (χ1v) is 8.33. The summed E-state index contributed by atoms with van der Waals surface area (Å²) in [4.78, 5) is 16.3. The molecule has 5 nitrogen and oxygen atoms in total. The maximum atomic E-state index is 10.9. The molecule has 0 saturated carbocycles. The number of fused-ring (bicyclic) bond motifs is 1. The number of aryl methyl sites for hydroxylation is 1. The molecule has 0 saturated heterocycles. The van der Waals surface area contributed by atoms with Crippen molar-refractivity contribution in [2.45, 2.75) is 0 Å². The van der Waals surface area contributed by atoms with Gasteiger partial charge in [0.2, 0.25) is 0 Å². The highest BCUT2D eigenvalue weighted by Gasteiger charge is 2.12. The Labute approximate surface area is 135 Å². The van der Waals surface area contributed by atoms with Gasteiger partial charge in [0.15, 0.2) is 0 Å². The van der Waals surface area contributed by atoms with Gasteiger partial charge in [0.05, 0.1) is 22.2 Å². The fraction of sp³-hybridized carbons (Fsp3) is 0.133. The van der Waals surface area contributed by atoms with Crippen molar-refractivity contribution in [3.63, 3.8) is 0 Å². The highest BCUT2D eigenvalue weighted by molar-refractivity contribution is 8.09. The third kappa shape index (κ3) is 3.37. The van der Waals surface area contributed by atoms with Crippen LogP contribution in [0.1, 0.15) is 10.6 Å². The van der Waals surface area contributed by atoms with Gasteiger partial charge in [0, 0.05) is 23.7 Å². The maximum absolute atomic E-state index is 10.9. The Kier molecular flexibility index (Phi) is 4.26. The maximum Gasteiger partial charge on any atom is 0.313 e. The largest absolute Gasteiger partial charge is 0.481 e. The van der Waals surface area contributed by atoms with E-state index < -0.39 is 5.97 Å². The predicted octanol–water partition coefficient (Wildman–Crippen LogP) is 3.35. The minimum atomic E-state index is -0.844. The molecule has 0 spiro atoms. The summed E-state index contributed by atoms with van der Waals surface area (Å²) in [5, 5.41) is 13.9. The first-order valence-electron chi connectivity index (χ1n) is 6.53. The molecule has 0 aliphatic rings. The van der Waals surface area contributed by atoms with Crippen molar-refractivity contribution in [3.8, 4) is 0 Å². The Morgan fingerprint density at radius 1 is 1.45 bits per heavy atom. The Bertz CT molecular complexity index is 818. The number of nitrogens with zero attached hydrogens (tertiary/aromatic N) is 3. The molecule has 112 valence electrons. The number of aromatic nitrogens is 3. The number of hydrogen-bond acceptors (Lipinski definition) is 5.